The summed E-state index contributed by atoms with van der Waals surface area (Å²) in [6, 6.07) is 5.77. The third kappa shape index (κ3) is 2.89. The van der Waals surface area contributed by atoms with Crippen LogP contribution in [0, 0.1) is 0 Å². The number of amides is 1. The predicted octanol–water partition coefficient (Wildman–Crippen LogP) is 1.79. The van der Waals surface area contributed by atoms with E-state index in [1.807, 2.05) is 23.1 Å². The first-order valence-corrected chi connectivity index (χ1v) is 6.70. The number of carbonyl (C=O) groups excluding carboxylic acids is 2. The SMILES string of the molecule is COC(=O)CCN1CC(=O)N(C)c2cc(Br)ccc21. The van der Waals surface area contributed by atoms with Gasteiger partial charge in [0, 0.05) is 18.1 Å². The number of ether oxygens (including phenoxy) is 1. The number of nitrogens with zero attached hydrogens (tertiary/aromatic N) is 2. The van der Waals surface area contributed by atoms with E-state index in [0.717, 1.165) is 15.8 Å². The minimum absolute atomic E-state index is 0.00969. The molecule has 1 heterocycles. The summed E-state index contributed by atoms with van der Waals surface area (Å²) in [7, 11) is 3.12. The molecule has 1 amide bonds. The van der Waals surface area contributed by atoms with Crippen molar-refractivity contribution < 1.29 is 14.3 Å². The van der Waals surface area contributed by atoms with Crippen molar-refractivity contribution in [3.8, 4) is 0 Å². The molecule has 0 spiro atoms. The molecule has 0 atom stereocenters. The highest BCUT2D eigenvalue weighted by Gasteiger charge is 2.26. The molecule has 0 saturated carbocycles. The maximum atomic E-state index is 11.9. The Bertz CT molecular complexity index is 519. The van der Waals surface area contributed by atoms with Gasteiger partial charge in [0.2, 0.25) is 5.91 Å². The Hall–Kier alpha value is -1.56. The first kappa shape index (κ1) is 13.9. The Labute approximate surface area is 120 Å². The number of fused-ring (bicyclic) bond motifs is 1. The number of likely N-dealkylation sites (N-methyl/N-ethyl adjacent to an activating group) is 1. The molecule has 0 radical (unpaired) electrons. The van der Waals surface area contributed by atoms with Gasteiger partial charge in [0.25, 0.3) is 0 Å². The number of hydrogen-bond acceptors (Lipinski definition) is 4. The summed E-state index contributed by atoms with van der Waals surface area (Å²) in [6.07, 6.45) is 0.267. The molecule has 1 aromatic carbocycles. The fraction of sp³-hybridized carbons (Fsp3) is 0.385. The lowest BCUT2D eigenvalue weighted by atomic mass is 10.1. The molecular weight excluding hydrogens is 312 g/mol. The summed E-state index contributed by atoms with van der Waals surface area (Å²) in [4.78, 5) is 26.7. The predicted molar refractivity (Wildman–Crippen MR) is 76.4 cm³/mol. The highest BCUT2D eigenvalue weighted by Crippen LogP contribution is 2.35. The average molecular weight is 327 g/mol. The molecule has 6 heteroatoms. The first-order chi connectivity index (χ1) is 9.02. The zero-order valence-electron chi connectivity index (χ0n) is 10.9. The fourth-order valence-corrected chi connectivity index (χ4v) is 2.40. The minimum Gasteiger partial charge on any atom is -0.469 e. The third-order valence-corrected chi connectivity index (χ3v) is 3.65. The number of rotatable bonds is 3. The van der Waals surface area contributed by atoms with Gasteiger partial charge in [0.15, 0.2) is 0 Å². The summed E-state index contributed by atoms with van der Waals surface area (Å²) in [5.41, 5.74) is 1.80. The molecule has 5 nitrogen and oxygen atoms in total. The molecule has 1 aliphatic rings. The van der Waals surface area contributed by atoms with Gasteiger partial charge < -0.3 is 14.5 Å². The van der Waals surface area contributed by atoms with Crippen LogP contribution in [0.5, 0.6) is 0 Å². The molecule has 19 heavy (non-hydrogen) atoms. The molecular formula is C13H15BrN2O3. The molecule has 1 aromatic rings. The van der Waals surface area contributed by atoms with Gasteiger partial charge in [-0.25, -0.2) is 0 Å². The van der Waals surface area contributed by atoms with E-state index in [9.17, 15) is 9.59 Å². The summed E-state index contributed by atoms with van der Waals surface area (Å²) in [5, 5.41) is 0. The number of esters is 1. The minimum atomic E-state index is -0.273. The van der Waals surface area contributed by atoms with Crippen LogP contribution in [0.3, 0.4) is 0 Å². The van der Waals surface area contributed by atoms with Gasteiger partial charge in [-0.3, -0.25) is 9.59 Å². The Morgan fingerprint density at radius 3 is 2.84 bits per heavy atom. The van der Waals surface area contributed by atoms with Crippen molar-refractivity contribution in [2.24, 2.45) is 0 Å². The van der Waals surface area contributed by atoms with Crippen LogP contribution in [0.15, 0.2) is 22.7 Å². The Balaban J connectivity index is 2.25. The van der Waals surface area contributed by atoms with Gasteiger partial charge in [0.1, 0.15) is 0 Å². The van der Waals surface area contributed by atoms with Crippen molar-refractivity contribution in [3.05, 3.63) is 22.7 Å². The first-order valence-electron chi connectivity index (χ1n) is 5.91. The van der Waals surface area contributed by atoms with Crippen LogP contribution in [0.2, 0.25) is 0 Å². The van der Waals surface area contributed by atoms with E-state index in [2.05, 4.69) is 20.7 Å². The van der Waals surface area contributed by atoms with Crippen LogP contribution in [-0.4, -0.2) is 39.1 Å². The zero-order valence-corrected chi connectivity index (χ0v) is 12.4. The van der Waals surface area contributed by atoms with Gasteiger partial charge >= 0.3 is 5.97 Å². The van der Waals surface area contributed by atoms with Crippen LogP contribution in [0.25, 0.3) is 0 Å². The Morgan fingerprint density at radius 2 is 2.16 bits per heavy atom. The number of anilines is 2. The second-order valence-electron chi connectivity index (χ2n) is 4.33. The van der Waals surface area contributed by atoms with E-state index in [4.69, 9.17) is 0 Å². The Kier molecular flexibility index (Phi) is 4.09. The molecule has 2 rings (SSSR count). The van der Waals surface area contributed by atoms with Crippen LogP contribution in [-0.2, 0) is 14.3 Å². The maximum Gasteiger partial charge on any atom is 0.307 e. The van der Waals surface area contributed by atoms with Crippen molar-refractivity contribution in [1.82, 2.24) is 0 Å². The van der Waals surface area contributed by atoms with E-state index in [-0.39, 0.29) is 24.8 Å². The average Bonchev–Trinajstić information content (AvgIpc) is 2.41. The number of benzene rings is 1. The number of carbonyl (C=O) groups is 2. The van der Waals surface area contributed by atoms with Crippen molar-refractivity contribution in [1.29, 1.82) is 0 Å². The molecule has 0 saturated heterocycles. The standard InChI is InChI=1S/C13H15BrN2O3/c1-15-11-7-9(14)3-4-10(11)16(8-12(15)17)6-5-13(18)19-2/h3-4,7H,5-6,8H2,1-2H3. The molecule has 102 valence electrons. The second-order valence-corrected chi connectivity index (χ2v) is 5.25. The molecule has 0 N–H and O–H groups in total. The van der Waals surface area contributed by atoms with Crippen molar-refractivity contribution in [2.75, 3.05) is 37.0 Å². The molecule has 0 aromatic heterocycles. The summed E-state index contributed by atoms with van der Waals surface area (Å²) in [5.74, 6) is -0.263. The summed E-state index contributed by atoms with van der Waals surface area (Å²) < 4.78 is 5.55. The smallest absolute Gasteiger partial charge is 0.307 e. The van der Waals surface area contributed by atoms with E-state index in [0.29, 0.717) is 6.54 Å². The number of halogens is 1. The fourth-order valence-electron chi connectivity index (χ4n) is 2.05. The van der Waals surface area contributed by atoms with Crippen molar-refractivity contribution >= 4 is 39.2 Å². The van der Waals surface area contributed by atoms with Crippen LogP contribution in [0.4, 0.5) is 11.4 Å². The highest BCUT2D eigenvalue weighted by atomic mass is 79.9. The zero-order chi connectivity index (χ0) is 14.0. The third-order valence-electron chi connectivity index (χ3n) is 3.15. The van der Waals surface area contributed by atoms with Crippen LogP contribution < -0.4 is 9.80 Å². The van der Waals surface area contributed by atoms with Gasteiger partial charge in [0.05, 0.1) is 31.5 Å². The van der Waals surface area contributed by atoms with E-state index >= 15 is 0 Å². The molecule has 0 fully saturated rings. The number of methoxy groups -OCH3 is 1. The molecule has 0 aliphatic carbocycles. The van der Waals surface area contributed by atoms with Gasteiger partial charge in [-0.2, -0.15) is 0 Å². The van der Waals surface area contributed by atoms with E-state index in [1.165, 1.54) is 7.11 Å². The van der Waals surface area contributed by atoms with Crippen molar-refractivity contribution in [3.63, 3.8) is 0 Å². The lowest BCUT2D eigenvalue weighted by Crippen LogP contribution is -2.44. The van der Waals surface area contributed by atoms with Gasteiger partial charge in [-0.05, 0) is 18.2 Å². The Morgan fingerprint density at radius 1 is 1.42 bits per heavy atom. The topological polar surface area (TPSA) is 49.9 Å². The van der Waals surface area contributed by atoms with Crippen LogP contribution in [0.1, 0.15) is 6.42 Å². The van der Waals surface area contributed by atoms with E-state index in [1.54, 1.807) is 11.9 Å². The van der Waals surface area contributed by atoms with Crippen LogP contribution >= 0.6 is 15.9 Å². The lowest BCUT2D eigenvalue weighted by molar-refractivity contribution is -0.140. The molecule has 0 bridgehead atoms. The second kappa shape index (κ2) is 5.61. The maximum absolute atomic E-state index is 11.9. The molecule has 0 unspecified atom stereocenters. The van der Waals surface area contributed by atoms with Crippen molar-refractivity contribution in [2.45, 2.75) is 6.42 Å². The largest absolute Gasteiger partial charge is 0.469 e. The summed E-state index contributed by atoms with van der Waals surface area (Å²) in [6.45, 7) is 0.753. The molecule has 1 aliphatic heterocycles. The summed E-state index contributed by atoms with van der Waals surface area (Å²) >= 11 is 3.40. The van der Waals surface area contributed by atoms with E-state index < -0.39 is 0 Å². The normalized spacial score (nSPS) is 14.4. The quantitative estimate of drug-likeness (QED) is 0.795. The van der Waals surface area contributed by atoms with Gasteiger partial charge in [-0.1, -0.05) is 15.9 Å². The highest BCUT2D eigenvalue weighted by molar-refractivity contribution is 9.10. The monoisotopic (exact) mass is 326 g/mol. The number of hydrogen-bond donors (Lipinski definition) is 0. The lowest BCUT2D eigenvalue weighted by Gasteiger charge is -2.35. The van der Waals surface area contributed by atoms with Gasteiger partial charge in [-0.15, -0.1) is 0 Å².